The summed E-state index contributed by atoms with van der Waals surface area (Å²) in [7, 11) is -3.62. The summed E-state index contributed by atoms with van der Waals surface area (Å²) in [6.07, 6.45) is -0.775. The second-order valence-electron chi connectivity index (χ2n) is 7.77. The van der Waals surface area contributed by atoms with Crippen molar-refractivity contribution in [2.45, 2.75) is 82.3 Å². The molecule has 0 bridgehead atoms. The van der Waals surface area contributed by atoms with Crippen LogP contribution in [0.3, 0.4) is 0 Å². The van der Waals surface area contributed by atoms with Crippen molar-refractivity contribution >= 4 is 27.1 Å². The third-order valence-corrected chi connectivity index (χ3v) is 6.49. The number of carbonyl (C=O) groups is 1. The molecule has 1 aliphatic heterocycles. The molecule has 0 unspecified atom stereocenters. The van der Waals surface area contributed by atoms with Gasteiger partial charge in [0.1, 0.15) is 10.6 Å². The molecule has 1 aromatic heterocycles. The molecule has 2 atom stereocenters. The van der Waals surface area contributed by atoms with Crippen molar-refractivity contribution in [3.05, 3.63) is 5.01 Å². The van der Waals surface area contributed by atoms with Crippen LogP contribution in [-0.4, -0.2) is 53.9 Å². The summed E-state index contributed by atoms with van der Waals surface area (Å²) in [6.45, 7) is 10.5. The first kappa shape index (κ1) is 21.2. The van der Waals surface area contributed by atoms with Crippen LogP contribution < -0.4 is 0 Å². The number of aryl methyl sites for hydroxylation is 1. The standard InChI is InChI=1S/C16H26N2O6S2/c1-10-17-18-14(25-10)26(20,21)9-12-7-11(22-16(5,6)23-12)8-13(19)24-15(2,3)4/h11-12H,7-9H2,1-6H3/t11-,12+/m0/s1. The van der Waals surface area contributed by atoms with E-state index in [0.29, 0.717) is 5.01 Å². The number of ether oxygens (including phenoxy) is 3. The zero-order valence-electron chi connectivity index (χ0n) is 15.9. The Bertz CT molecular complexity index is 751. The van der Waals surface area contributed by atoms with Gasteiger partial charge in [-0.15, -0.1) is 10.2 Å². The molecule has 0 radical (unpaired) electrons. The number of esters is 1. The fraction of sp³-hybridized carbons (Fsp3) is 0.812. The highest BCUT2D eigenvalue weighted by Crippen LogP contribution is 2.31. The Morgan fingerprint density at radius 3 is 2.42 bits per heavy atom. The lowest BCUT2D eigenvalue weighted by molar-refractivity contribution is -0.295. The molecule has 26 heavy (non-hydrogen) atoms. The number of hydrogen-bond donors (Lipinski definition) is 0. The first-order chi connectivity index (χ1) is 11.8. The first-order valence-corrected chi connectivity index (χ1v) is 10.8. The highest BCUT2D eigenvalue weighted by molar-refractivity contribution is 7.93. The number of carbonyl (C=O) groups excluding carboxylic acids is 1. The topological polar surface area (TPSA) is 105 Å². The average molecular weight is 407 g/mol. The van der Waals surface area contributed by atoms with Crippen LogP contribution in [0.5, 0.6) is 0 Å². The van der Waals surface area contributed by atoms with E-state index in [1.54, 1.807) is 41.5 Å². The molecule has 2 heterocycles. The fourth-order valence-corrected chi connectivity index (χ4v) is 5.23. The van der Waals surface area contributed by atoms with Crippen LogP contribution in [0.15, 0.2) is 4.34 Å². The van der Waals surface area contributed by atoms with Crippen LogP contribution in [0.2, 0.25) is 0 Å². The van der Waals surface area contributed by atoms with Gasteiger partial charge in [-0.1, -0.05) is 11.3 Å². The van der Waals surface area contributed by atoms with Gasteiger partial charge in [0, 0.05) is 6.42 Å². The number of nitrogens with zero attached hydrogens (tertiary/aromatic N) is 2. The third-order valence-electron chi connectivity index (χ3n) is 3.42. The van der Waals surface area contributed by atoms with Crippen LogP contribution in [0, 0.1) is 6.92 Å². The zero-order chi connectivity index (χ0) is 19.8. The van der Waals surface area contributed by atoms with E-state index < -0.39 is 33.4 Å². The lowest BCUT2D eigenvalue weighted by Crippen LogP contribution is -2.47. The first-order valence-electron chi connectivity index (χ1n) is 8.36. The number of hydrogen-bond acceptors (Lipinski definition) is 9. The van der Waals surface area contributed by atoms with Gasteiger partial charge in [0.05, 0.1) is 24.4 Å². The molecule has 0 spiro atoms. The third kappa shape index (κ3) is 6.26. The maximum atomic E-state index is 12.5. The predicted molar refractivity (Wildman–Crippen MR) is 95.6 cm³/mol. The minimum Gasteiger partial charge on any atom is -0.460 e. The van der Waals surface area contributed by atoms with E-state index in [1.807, 2.05) is 0 Å². The van der Waals surface area contributed by atoms with E-state index in [-0.39, 0.29) is 28.9 Å². The molecule has 0 saturated carbocycles. The molecule has 1 fully saturated rings. The van der Waals surface area contributed by atoms with Crippen LogP contribution >= 0.6 is 11.3 Å². The summed E-state index contributed by atoms with van der Waals surface area (Å²) in [5, 5.41) is 8.06. The number of sulfone groups is 1. The summed E-state index contributed by atoms with van der Waals surface area (Å²) in [6, 6.07) is 0. The van der Waals surface area contributed by atoms with Crippen molar-refractivity contribution in [3.63, 3.8) is 0 Å². The van der Waals surface area contributed by atoms with Crippen molar-refractivity contribution in [3.8, 4) is 0 Å². The van der Waals surface area contributed by atoms with Crippen molar-refractivity contribution in [1.82, 2.24) is 10.2 Å². The molecular weight excluding hydrogens is 380 g/mol. The minimum absolute atomic E-state index is 0.0217. The van der Waals surface area contributed by atoms with Crippen LogP contribution in [-0.2, 0) is 28.8 Å². The van der Waals surface area contributed by atoms with Gasteiger partial charge in [-0.2, -0.15) is 0 Å². The molecule has 2 rings (SSSR count). The van der Waals surface area contributed by atoms with E-state index >= 15 is 0 Å². The molecule has 148 valence electrons. The highest BCUT2D eigenvalue weighted by Gasteiger charge is 2.39. The van der Waals surface area contributed by atoms with E-state index in [2.05, 4.69) is 10.2 Å². The van der Waals surface area contributed by atoms with Gasteiger partial charge in [-0.05, 0) is 41.5 Å². The van der Waals surface area contributed by atoms with E-state index in [0.717, 1.165) is 11.3 Å². The number of rotatable bonds is 5. The molecular formula is C16H26N2O6S2. The Hall–Kier alpha value is -1.10. The van der Waals surface area contributed by atoms with Crippen molar-refractivity contribution in [2.75, 3.05) is 5.75 Å². The second-order valence-corrected chi connectivity index (χ2v) is 11.2. The molecule has 0 aromatic carbocycles. The minimum atomic E-state index is -3.62. The molecule has 8 nitrogen and oxygen atoms in total. The average Bonchev–Trinajstić information content (AvgIpc) is 2.80. The molecule has 1 aromatic rings. The van der Waals surface area contributed by atoms with Crippen LogP contribution in [0.4, 0.5) is 0 Å². The Kier molecular flexibility index (Phi) is 6.11. The molecule has 0 N–H and O–H groups in total. The van der Waals surface area contributed by atoms with Gasteiger partial charge in [0.25, 0.3) is 0 Å². The van der Waals surface area contributed by atoms with Crippen LogP contribution in [0.1, 0.15) is 52.5 Å². The van der Waals surface area contributed by atoms with E-state index in [4.69, 9.17) is 14.2 Å². The van der Waals surface area contributed by atoms with E-state index in [1.165, 1.54) is 0 Å². The summed E-state index contributed by atoms with van der Waals surface area (Å²) in [5.74, 6) is -1.62. The van der Waals surface area contributed by atoms with Gasteiger partial charge in [-0.3, -0.25) is 4.79 Å². The summed E-state index contributed by atoms with van der Waals surface area (Å²) < 4.78 is 41.9. The Morgan fingerprint density at radius 1 is 1.27 bits per heavy atom. The van der Waals surface area contributed by atoms with Gasteiger partial charge in [-0.25, -0.2) is 8.42 Å². The summed E-state index contributed by atoms with van der Waals surface area (Å²) in [4.78, 5) is 12.1. The monoisotopic (exact) mass is 406 g/mol. The largest absolute Gasteiger partial charge is 0.460 e. The normalized spacial score (nSPS) is 23.6. The van der Waals surface area contributed by atoms with E-state index in [9.17, 15) is 13.2 Å². The maximum absolute atomic E-state index is 12.5. The SMILES string of the molecule is Cc1nnc(S(=O)(=O)C[C@H]2C[C@@H](CC(=O)OC(C)(C)C)OC(C)(C)O2)s1. The molecule has 0 aliphatic carbocycles. The smallest absolute Gasteiger partial charge is 0.308 e. The van der Waals surface area contributed by atoms with Gasteiger partial charge in [0.2, 0.25) is 14.2 Å². The lowest BCUT2D eigenvalue weighted by Gasteiger charge is -2.40. The van der Waals surface area contributed by atoms with Gasteiger partial charge >= 0.3 is 5.97 Å². The summed E-state index contributed by atoms with van der Waals surface area (Å²) >= 11 is 1.03. The van der Waals surface area contributed by atoms with Crippen molar-refractivity contribution in [2.24, 2.45) is 0 Å². The maximum Gasteiger partial charge on any atom is 0.308 e. The van der Waals surface area contributed by atoms with Crippen molar-refractivity contribution < 1.29 is 27.4 Å². The molecule has 1 saturated heterocycles. The second kappa shape index (κ2) is 7.49. The zero-order valence-corrected chi connectivity index (χ0v) is 17.6. The summed E-state index contributed by atoms with van der Waals surface area (Å²) in [5.41, 5.74) is -0.587. The number of aromatic nitrogens is 2. The van der Waals surface area contributed by atoms with Gasteiger partial charge < -0.3 is 14.2 Å². The van der Waals surface area contributed by atoms with Crippen molar-refractivity contribution in [1.29, 1.82) is 0 Å². The molecule has 0 amide bonds. The molecule has 10 heteroatoms. The quantitative estimate of drug-likeness (QED) is 0.686. The molecule has 1 aliphatic rings. The Balaban J connectivity index is 2.06. The fourth-order valence-electron chi connectivity index (χ4n) is 2.74. The lowest BCUT2D eigenvalue weighted by atomic mass is 10.1. The van der Waals surface area contributed by atoms with Crippen LogP contribution in [0.25, 0.3) is 0 Å². The predicted octanol–water partition coefficient (Wildman–Crippen LogP) is 2.26. The highest BCUT2D eigenvalue weighted by atomic mass is 32.2. The Morgan fingerprint density at radius 2 is 1.88 bits per heavy atom. The Labute approximate surface area is 158 Å². The van der Waals surface area contributed by atoms with Gasteiger partial charge in [0.15, 0.2) is 5.79 Å².